The summed E-state index contributed by atoms with van der Waals surface area (Å²) in [5.74, 6) is 1.70. The van der Waals surface area contributed by atoms with Crippen molar-refractivity contribution in [2.75, 3.05) is 45.2 Å². The van der Waals surface area contributed by atoms with Crippen molar-refractivity contribution >= 4 is 29.6 Å². The number of amides is 1. The lowest BCUT2D eigenvalue weighted by Crippen LogP contribution is -2.47. The van der Waals surface area contributed by atoms with E-state index in [0.29, 0.717) is 35.1 Å². The summed E-state index contributed by atoms with van der Waals surface area (Å²) in [6.45, 7) is 9.60. The molecule has 0 saturated carbocycles. The molecule has 224 valence electrons. The highest BCUT2D eigenvalue weighted by atomic mass is 35.5. The molecule has 0 N–H and O–H groups in total. The minimum Gasteiger partial charge on any atom is -0.469 e. The van der Waals surface area contributed by atoms with Crippen LogP contribution in [0.5, 0.6) is 11.6 Å². The van der Waals surface area contributed by atoms with Crippen LogP contribution in [-0.2, 0) is 20.8 Å². The van der Waals surface area contributed by atoms with Gasteiger partial charge in [-0.25, -0.2) is 19.7 Å². The van der Waals surface area contributed by atoms with Crippen molar-refractivity contribution in [3.8, 4) is 11.6 Å². The molecule has 2 aromatic rings. The van der Waals surface area contributed by atoms with Crippen LogP contribution in [0.2, 0.25) is 5.15 Å². The van der Waals surface area contributed by atoms with E-state index in [0.717, 1.165) is 64.0 Å². The number of hydrogen-bond acceptors (Lipinski definition) is 10. The first-order valence-corrected chi connectivity index (χ1v) is 14.5. The average Bonchev–Trinajstić information content (AvgIpc) is 2.93. The second-order valence-corrected chi connectivity index (χ2v) is 12.2. The van der Waals surface area contributed by atoms with Crippen LogP contribution in [0.25, 0.3) is 0 Å². The molecule has 4 heterocycles. The van der Waals surface area contributed by atoms with Crippen LogP contribution in [0, 0.1) is 5.92 Å². The molecule has 0 atom stereocenters. The highest BCUT2D eigenvalue weighted by molar-refractivity contribution is 6.29. The van der Waals surface area contributed by atoms with Crippen molar-refractivity contribution in [2.24, 2.45) is 5.92 Å². The predicted octanol–water partition coefficient (Wildman–Crippen LogP) is 4.93. The first kappa shape index (κ1) is 30.8. The molecular formula is C29H41ClN6O5. The Hall–Kier alpha value is -3.18. The molecule has 0 unspecified atom stereocenters. The van der Waals surface area contributed by atoms with Crippen molar-refractivity contribution in [3.05, 3.63) is 35.2 Å². The van der Waals surface area contributed by atoms with E-state index < -0.39 is 5.60 Å². The van der Waals surface area contributed by atoms with E-state index in [1.54, 1.807) is 24.3 Å². The zero-order chi connectivity index (χ0) is 29.6. The summed E-state index contributed by atoms with van der Waals surface area (Å²) in [5, 5.41) is 0.356. The van der Waals surface area contributed by atoms with Crippen LogP contribution in [0.1, 0.15) is 58.4 Å². The van der Waals surface area contributed by atoms with Crippen molar-refractivity contribution in [1.29, 1.82) is 0 Å². The zero-order valence-corrected chi connectivity index (χ0v) is 25.4. The van der Waals surface area contributed by atoms with Crippen LogP contribution >= 0.6 is 11.6 Å². The standard InChI is InChI=1S/C29H41ClN6O5/c1-29(2,3)41-28(38)34(4)22-8-12-36(13-9-22)27-31-17-23(18-32-27)40-25-15-21(14-24(30)33-25)19-35-10-6-20(7-11-35)16-26(37)39-5/h14-15,17-18,20,22H,6-13,16,19H2,1-5H3. The summed E-state index contributed by atoms with van der Waals surface area (Å²) < 4.78 is 16.3. The highest BCUT2D eigenvalue weighted by Gasteiger charge is 2.29. The maximum absolute atomic E-state index is 12.4. The van der Waals surface area contributed by atoms with Crippen LogP contribution in [0.3, 0.4) is 0 Å². The van der Waals surface area contributed by atoms with E-state index in [-0.39, 0.29) is 18.1 Å². The van der Waals surface area contributed by atoms with Gasteiger partial charge in [0.2, 0.25) is 11.8 Å². The normalized spacial score (nSPS) is 17.3. The summed E-state index contributed by atoms with van der Waals surface area (Å²) in [5.41, 5.74) is 0.486. The van der Waals surface area contributed by atoms with E-state index in [1.807, 2.05) is 32.9 Å². The lowest BCUT2D eigenvalue weighted by molar-refractivity contribution is -0.142. The maximum atomic E-state index is 12.4. The van der Waals surface area contributed by atoms with E-state index in [2.05, 4.69) is 24.8 Å². The highest BCUT2D eigenvalue weighted by Crippen LogP contribution is 2.27. The Morgan fingerprint density at radius 1 is 1.05 bits per heavy atom. The summed E-state index contributed by atoms with van der Waals surface area (Å²) in [4.78, 5) is 43.5. The molecule has 4 rings (SSSR count). The van der Waals surface area contributed by atoms with Gasteiger partial charge in [-0.3, -0.25) is 9.69 Å². The molecule has 41 heavy (non-hydrogen) atoms. The fourth-order valence-electron chi connectivity index (χ4n) is 5.17. The minimum atomic E-state index is -0.517. The lowest BCUT2D eigenvalue weighted by atomic mass is 9.93. The van der Waals surface area contributed by atoms with Crippen molar-refractivity contribution < 1.29 is 23.8 Å². The quantitative estimate of drug-likeness (QED) is 0.311. The largest absolute Gasteiger partial charge is 0.469 e. The average molecular weight is 589 g/mol. The number of carbonyl (C=O) groups is 2. The molecule has 11 nitrogen and oxygen atoms in total. The molecule has 0 aromatic carbocycles. The first-order valence-electron chi connectivity index (χ1n) is 14.2. The lowest BCUT2D eigenvalue weighted by Gasteiger charge is -2.37. The van der Waals surface area contributed by atoms with Crippen LogP contribution in [0.15, 0.2) is 24.5 Å². The third kappa shape index (κ3) is 9.16. The summed E-state index contributed by atoms with van der Waals surface area (Å²) >= 11 is 6.31. The molecule has 2 saturated heterocycles. The van der Waals surface area contributed by atoms with Gasteiger partial charge in [-0.2, -0.15) is 0 Å². The molecule has 1 amide bonds. The smallest absolute Gasteiger partial charge is 0.410 e. The first-order chi connectivity index (χ1) is 19.5. The van der Waals surface area contributed by atoms with Crippen molar-refractivity contribution in [1.82, 2.24) is 24.8 Å². The molecule has 0 spiro atoms. The molecule has 12 heteroatoms. The molecule has 2 aromatic heterocycles. The second-order valence-electron chi connectivity index (χ2n) is 11.8. The Balaban J connectivity index is 1.27. The number of methoxy groups -OCH3 is 1. The number of rotatable bonds is 8. The van der Waals surface area contributed by atoms with Gasteiger partial charge in [0.25, 0.3) is 0 Å². The topological polar surface area (TPSA) is 110 Å². The molecule has 2 fully saturated rings. The van der Waals surface area contributed by atoms with Gasteiger partial charge in [0.15, 0.2) is 5.75 Å². The van der Waals surface area contributed by atoms with Gasteiger partial charge in [-0.1, -0.05) is 11.6 Å². The Labute approximate surface area is 247 Å². The number of piperidine rings is 2. The number of pyridine rings is 1. The third-order valence-corrected chi connectivity index (χ3v) is 7.63. The second kappa shape index (κ2) is 13.7. The summed E-state index contributed by atoms with van der Waals surface area (Å²) in [6, 6.07) is 3.84. The van der Waals surface area contributed by atoms with Gasteiger partial charge in [-0.05, 0) is 77.1 Å². The minimum absolute atomic E-state index is 0.109. The van der Waals surface area contributed by atoms with Gasteiger partial charge in [-0.15, -0.1) is 0 Å². The van der Waals surface area contributed by atoms with E-state index in [9.17, 15) is 9.59 Å². The molecule has 0 aliphatic carbocycles. The number of likely N-dealkylation sites (tertiary alicyclic amines) is 1. The zero-order valence-electron chi connectivity index (χ0n) is 24.6. The number of hydrogen-bond donors (Lipinski definition) is 0. The Morgan fingerprint density at radius 2 is 1.71 bits per heavy atom. The number of nitrogens with zero attached hydrogens (tertiary/aromatic N) is 6. The van der Waals surface area contributed by atoms with Gasteiger partial charge in [0.1, 0.15) is 10.8 Å². The maximum Gasteiger partial charge on any atom is 0.410 e. The number of ether oxygens (including phenoxy) is 3. The van der Waals surface area contributed by atoms with Crippen LogP contribution in [0.4, 0.5) is 10.7 Å². The molecule has 0 radical (unpaired) electrons. The van der Waals surface area contributed by atoms with Crippen LogP contribution < -0.4 is 9.64 Å². The molecular weight excluding hydrogens is 548 g/mol. The van der Waals surface area contributed by atoms with Gasteiger partial charge < -0.3 is 24.0 Å². The number of aromatic nitrogens is 3. The number of carbonyl (C=O) groups excluding carboxylic acids is 2. The predicted molar refractivity (Wildman–Crippen MR) is 155 cm³/mol. The molecule has 2 aliphatic rings. The fraction of sp³-hybridized carbons (Fsp3) is 0.621. The van der Waals surface area contributed by atoms with Gasteiger partial charge in [0.05, 0.1) is 19.5 Å². The SMILES string of the molecule is COC(=O)CC1CCN(Cc2cc(Cl)nc(Oc3cnc(N4CCC(N(C)C(=O)OC(C)(C)C)CC4)nc3)c2)CC1. The van der Waals surface area contributed by atoms with E-state index in [4.69, 9.17) is 25.8 Å². The van der Waals surface area contributed by atoms with Gasteiger partial charge >= 0.3 is 12.1 Å². The van der Waals surface area contributed by atoms with Gasteiger partial charge in [0, 0.05) is 45.2 Å². The molecule has 2 aliphatic heterocycles. The Morgan fingerprint density at radius 3 is 2.32 bits per heavy atom. The monoisotopic (exact) mass is 588 g/mol. The van der Waals surface area contributed by atoms with E-state index >= 15 is 0 Å². The Bertz CT molecular complexity index is 1180. The fourth-order valence-corrected chi connectivity index (χ4v) is 5.40. The van der Waals surface area contributed by atoms with E-state index in [1.165, 1.54) is 7.11 Å². The number of halogens is 1. The summed E-state index contributed by atoms with van der Waals surface area (Å²) in [7, 11) is 3.23. The third-order valence-electron chi connectivity index (χ3n) is 7.44. The number of esters is 1. The Kier molecular flexibility index (Phi) is 10.2. The van der Waals surface area contributed by atoms with Crippen molar-refractivity contribution in [2.45, 2.75) is 71.1 Å². The summed E-state index contributed by atoms with van der Waals surface area (Å²) in [6.07, 6.45) is 6.97. The van der Waals surface area contributed by atoms with Crippen LogP contribution in [-0.4, -0.2) is 88.8 Å². The number of anilines is 1. The molecule has 0 bridgehead atoms. The van der Waals surface area contributed by atoms with Crippen molar-refractivity contribution in [3.63, 3.8) is 0 Å².